The topological polar surface area (TPSA) is 108 Å². The molecule has 0 bridgehead atoms. The number of hydrogen-bond donors (Lipinski definition) is 1. The number of phosphoric ester groups is 1. The summed E-state index contributed by atoms with van der Waals surface area (Å²) in [5.41, 5.74) is 0. The second-order valence-electron chi connectivity index (χ2n) is 14.5. The molecule has 8 nitrogen and oxygen atoms in total. The molecule has 0 saturated heterocycles. The third-order valence-electron chi connectivity index (χ3n) is 9.28. The molecule has 0 rings (SSSR count). The molecule has 0 radical (unpaired) electrons. The first-order chi connectivity index (χ1) is 26.8. The van der Waals surface area contributed by atoms with Gasteiger partial charge in [-0.25, -0.2) is 4.57 Å². The van der Waals surface area contributed by atoms with Gasteiger partial charge in [-0.3, -0.25) is 18.6 Å². The summed E-state index contributed by atoms with van der Waals surface area (Å²) < 4.78 is 31.9. The molecule has 1 N–H and O–H groups in total. The van der Waals surface area contributed by atoms with Gasteiger partial charge >= 0.3 is 19.8 Å². The molecule has 0 aromatic carbocycles. The van der Waals surface area contributed by atoms with E-state index in [1.807, 2.05) is 6.08 Å². The highest BCUT2D eigenvalue weighted by Gasteiger charge is 2.24. The van der Waals surface area contributed by atoms with Gasteiger partial charge in [0.25, 0.3) is 0 Å². The van der Waals surface area contributed by atoms with Gasteiger partial charge in [0.2, 0.25) is 0 Å². The highest BCUT2D eigenvalue weighted by atomic mass is 31.2. The number of allylic oxidation sites excluding steroid dienone is 10. The van der Waals surface area contributed by atoms with E-state index < -0.39 is 26.5 Å². The fourth-order valence-electron chi connectivity index (χ4n) is 5.93. The Morgan fingerprint density at radius 1 is 0.527 bits per heavy atom. The molecule has 9 heteroatoms. The highest BCUT2D eigenvalue weighted by Crippen LogP contribution is 2.42. The van der Waals surface area contributed by atoms with Crippen LogP contribution in [0.3, 0.4) is 0 Å². The maximum absolute atomic E-state index is 12.5. The van der Waals surface area contributed by atoms with E-state index in [1.165, 1.54) is 103 Å². The minimum atomic E-state index is -4.28. The Hall–Kier alpha value is -2.25. The summed E-state index contributed by atoms with van der Waals surface area (Å²) >= 11 is 0. The smallest absolute Gasteiger partial charge is 0.462 e. The molecular formula is C46H81O8P. The van der Waals surface area contributed by atoms with Crippen LogP contribution in [0.2, 0.25) is 0 Å². The lowest BCUT2D eigenvalue weighted by atomic mass is 10.0. The van der Waals surface area contributed by atoms with Crippen molar-refractivity contribution in [3.63, 3.8) is 0 Å². The van der Waals surface area contributed by atoms with Crippen LogP contribution in [-0.2, 0) is 32.7 Å². The Kier molecular flexibility index (Phi) is 39.7. The Morgan fingerprint density at radius 3 is 1.36 bits per heavy atom. The lowest BCUT2D eigenvalue weighted by molar-refractivity contribution is -0.161. The number of rotatable bonds is 40. The maximum Gasteiger partial charge on any atom is 0.472 e. The van der Waals surface area contributed by atoms with Crippen LogP contribution in [0.1, 0.15) is 194 Å². The number of hydrogen-bond acceptors (Lipinski definition) is 7. The van der Waals surface area contributed by atoms with Gasteiger partial charge in [0.05, 0.1) is 6.61 Å². The first-order valence-corrected chi connectivity index (χ1v) is 23.5. The summed E-state index contributed by atoms with van der Waals surface area (Å²) in [4.78, 5) is 34.5. The molecule has 0 spiro atoms. The van der Waals surface area contributed by atoms with Gasteiger partial charge in [0.15, 0.2) is 6.10 Å². The lowest BCUT2D eigenvalue weighted by Crippen LogP contribution is -2.29. The average molecular weight is 793 g/mol. The van der Waals surface area contributed by atoms with Gasteiger partial charge in [-0.05, 0) is 51.4 Å². The normalized spacial score (nSPS) is 13.9. The van der Waals surface area contributed by atoms with Crippen molar-refractivity contribution in [2.75, 3.05) is 20.3 Å². The molecule has 0 aromatic heterocycles. The summed E-state index contributed by atoms with van der Waals surface area (Å²) in [5.74, 6) is -0.869. The Balaban J connectivity index is 4.05. The lowest BCUT2D eigenvalue weighted by Gasteiger charge is -2.19. The van der Waals surface area contributed by atoms with Crippen LogP contribution in [0.15, 0.2) is 60.8 Å². The van der Waals surface area contributed by atoms with Crippen LogP contribution < -0.4 is 0 Å². The number of esters is 2. The summed E-state index contributed by atoms with van der Waals surface area (Å²) in [7, 11) is -3.23. The largest absolute Gasteiger partial charge is 0.472 e. The zero-order valence-electron chi connectivity index (χ0n) is 35.3. The summed E-state index contributed by atoms with van der Waals surface area (Å²) in [6.07, 6.45) is 51.4. The molecule has 0 aromatic rings. The third kappa shape index (κ3) is 41.2. The Morgan fingerprint density at radius 2 is 0.927 bits per heavy atom. The minimum Gasteiger partial charge on any atom is -0.462 e. The monoisotopic (exact) mass is 793 g/mol. The Labute approximate surface area is 337 Å². The molecule has 0 fully saturated rings. The fourth-order valence-corrected chi connectivity index (χ4v) is 6.39. The van der Waals surface area contributed by atoms with Gasteiger partial charge in [-0.15, -0.1) is 0 Å². The van der Waals surface area contributed by atoms with Crippen LogP contribution in [0.4, 0.5) is 0 Å². The van der Waals surface area contributed by atoms with Crippen molar-refractivity contribution in [1.29, 1.82) is 0 Å². The molecule has 0 aliphatic carbocycles. The van der Waals surface area contributed by atoms with Crippen molar-refractivity contribution in [3.05, 3.63) is 60.8 Å². The molecule has 2 atom stereocenters. The minimum absolute atomic E-state index is 0.166. The van der Waals surface area contributed by atoms with Crippen LogP contribution >= 0.6 is 7.82 Å². The van der Waals surface area contributed by atoms with Crippen molar-refractivity contribution in [2.24, 2.45) is 0 Å². The van der Waals surface area contributed by atoms with E-state index >= 15 is 0 Å². The Bertz CT molecular complexity index is 1080. The van der Waals surface area contributed by atoms with Gasteiger partial charge in [-0.1, -0.05) is 190 Å². The number of phosphoric acid groups is 1. The van der Waals surface area contributed by atoms with Gasteiger partial charge < -0.3 is 14.4 Å². The van der Waals surface area contributed by atoms with E-state index in [1.54, 1.807) is 0 Å². The van der Waals surface area contributed by atoms with Gasteiger partial charge in [-0.2, -0.15) is 0 Å². The van der Waals surface area contributed by atoms with Gasteiger partial charge in [0, 0.05) is 20.0 Å². The first-order valence-electron chi connectivity index (χ1n) is 22.0. The predicted octanol–water partition coefficient (Wildman–Crippen LogP) is 13.9. The number of unbranched alkanes of at least 4 members (excludes halogenated alkanes) is 19. The first kappa shape index (κ1) is 52.8. The van der Waals surface area contributed by atoms with E-state index in [0.29, 0.717) is 12.8 Å². The zero-order chi connectivity index (χ0) is 40.3. The predicted molar refractivity (Wildman–Crippen MR) is 230 cm³/mol. The van der Waals surface area contributed by atoms with Crippen LogP contribution in [-0.4, -0.2) is 43.3 Å². The zero-order valence-corrected chi connectivity index (χ0v) is 36.2. The van der Waals surface area contributed by atoms with Crippen molar-refractivity contribution in [1.82, 2.24) is 0 Å². The van der Waals surface area contributed by atoms with Gasteiger partial charge in [0.1, 0.15) is 6.61 Å². The molecule has 2 unspecified atom stereocenters. The molecule has 318 valence electrons. The SMILES string of the molecule is CC/C=C\C/C=C\C/C=C\C/C=C\C/C=C\CCCC(=O)OC(COC(=O)CCCCCCCCCCCCCCCCCCCCC)COP(=O)(O)OC. The molecule has 0 heterocycles. The van der Waals surface area contributed by atoms with Crippen LogP contribution in [0.5, 0.6) is 0 Å². The molecule has 0 saturated carbocycles. The van der Waals surface area contributed by atoms with Crippen LogP contribution in [0.25, 0.3) is 0 Å². The fraction of sp³-hybridized carbons (Fsp3) is 0.739. The van der Waals surface area contributed by atoms with E-state index in [-0.39, 0.29) is 25.4 Å². The second kappa shape index (κ2) is 41.4. The summed E-state index contributed by atoms with van der Waals surface area (Å²) in [6.45, 7) is 3.74. The number of carbonyl (C=O) groups is 2. The molecule has 0 amide bonds. The molecule has 0 aliphatic rings. The van der Waals surface area contributed by atoms with E-state index in [2.05, 4.69) is 73.1 Å². The van der Waals surface area contributed by atoms with Crippen molar-refractivity contribution in [3.8, 4) is 0 Å². The molecule has 55 heavy (non-hydrogen) atoms. The average Bonchev–Trinajstić information content (AvgIpc) is 3.18. The summed E-state index contributed by atoms with van der Waals surface area (Å²) in [5, 5.41) is 0. The maximum atomic E-state index is 12.5. The van der Waals surface area contributed by atoms with E-state index in [0.717, 1.165) is 58.5 Å². The summed E-state index contributed by atoms with van der Waals surface area (Å²) in [6, 6.07) is 0. The van der Waals surface area contributed by atoms with Crippen molar-refractivity contribution >= 4 is 19.8 Å². The quantitative estimate of drug-likeness (QED) is 0.0283. The highest BCUT2D eigenvalue weighted by molar-refractivity contribution is 7.47. The van der Waals surface area contributed by atoms with Crippen molar-refractivity contribution in [2.45, 2.75) is 200 Å². The number of carbonyl (C=O) groups excluding carboxylic acids is 2. The number of ether oxygens (including phenoxy) is 2. The van der Waals surface area contributed by atoms with Crippen LogP contribution in [0, 0.1) is 0 Å². The third-order valence-corrected chi connectivity index (χ3v) is 10.2. The molecule has 0 aliphatic heterocycles. The van der Waals surface area contributed by atoms with E-state index in [4.69, 9.17) is 14.0 Å². The molecular weight excluding hydrogens is 711 g/mol. The van der Waals surface area contributed by atoms with Crippen molar-refractivity contribution < 1.29 is 37.6 Å². The van der Waals surface area contributed by atoms with E-state index in [9.17, 15) is 19.0 Å². The second-order valence-corrected chi connectivity index (χ2v) is 16.0. The standard InChI is InChI=1S/C46H81O8P/c1-4-6-8-10-12-14-16-18-20-22-23-25-26-28-30-32-34-36-38-40-45(47)52-42-44(43-53-55(49,50)51-3)54-46(48)41-39-37-35-33-31-29-27-24-21-19-17-15-13-11-9-7-5-2/h7,9,13,15,19,21,27,29,33,35,44H,4-6,8,10-12,14,16-18,20,22-26,28,30-32,34,36-43H2,1-3H3,(H,49,50)/b9-7-,15-13-,21-19-,29-27-,35-33-.